The van der Waals surface area contributed by atoms with Gasteiger partial charge in [0.1, 0.15) is 11.6 Å². The van der Waals surface area contributed by atoms with Crippen LogP contribution in [-0.4, -0.2) is 24.3 Å². The predicted octanol–water partition coefficient (Wildman–Crippen LogP) is 3.69. The van der Waals surface area contributed by atoms with E-state index in [1.807, 2.05) is 17.7 Å². The standard InChI is InChI=1S/C17H22FNO3/c1-4-6-7-22-15-10-13(18)9-14-17(15)12(8-16(20)21-3)11-19(14)5-2/h9-11H,4-8H2,1-3H3. The van der Waals surface area contributed by atoms with Gasteiger partial charge in [-0.15, -0.1) is 0 Å². The maximum atomic E-state index is 13.9. The molecule has 0 spiro atoms. The number of carbonyl (C=O) groups is 1. The summed E-state index contributed by atoms with van der Waals surface area (Å²) >= 11 is 0. The molecule has 120 valence electrons. The Kier molecular flexibility index (Phi) is 5.41. The van der Waals surface area contributed by atoms with Gasteiger partial charge in [-0.3, -0.25) is 4.79 Å². The van der Waals surface area contributed by atoms with E-state index in [1.54, 1.807) is 0 Å². The number of aryl methyl sites for hydroxylation is 1. The fourth-order valence-corrected chi connectivity index (χ4v) is 2.50. The van der Waals surface area contributed by atoms with E-state index in [4.69, 9.17) is 9.47 Å². The lowest BCUT2D eigenvalue weighted by molar-refractivity contribution is -0.139. The summed E-state index contributed by atoms with van der Waals surface area (Å²) in [4.78, 5) is 11.6. The summed E-state index contributed by atoms with van der Waals surface area (Å²) in [5.41, 5.74) is 1.54. The van der Waals surface area contributed by atoms with Crippen LogP contribution in [0.15, 0.2) is 18.3 Å². The van der Waals surface area contributed by atoms with E-state index in [2.05, 4.69) is 6.92 Å². The van der Waals surface area contributed by atoms with Gasteiger partial charge in [-0.25, -0.2) is 4.39 Å². The molecule has 1 aromatic heterocycles. The van der Waals surface area contributed by atoms with Crippen molar-refractivity contribution in [3.05, 3.63) is 29.7 Å². The summed E-state index contributed by atoms with van der Waals surface area (Å²) in [6, 6.07) is 2.87. The number of carbonyl (C=O) groups excluding carboxylic acids is 1. The molecule has 1 heterocycles. The normalized spacial score (nSPS) is 10.9. The zero-order valence-electron chi connectivity index (χ0n) is 13.3. The molecule has 4 nitrogen and oxygen atoms in total. The molecule has 0 unspecified atom stereocenters. The van der Waals surface area contributed by atoms with E-state index in [0.29, 0.717) is 18.9 Å². The maximum absolute atomic E-state index is 13.9. The van der Waals surface area contributed by atoms with Crippen molar-refractivity contribution in [1.82, 2.24) is 4.57 Å². The molecule has 0 N–H and O–H groups in total. The number of benzene rings is 1. The number of halogens is 1. The number of methoxy groups -OCH3 is 1. The van der Waals surface area contributed by atoms with Crippen LogP contribution in [0.1, 0.15) is 32.3 Å². The molecule has 0 radical (unpaired) electrons. The zero-order valence-corrected chi connectivity index (χ0v) is 13.3. The minimum Gasteiger partial charge on any atom is -0.493 e. The number of hydrogen-bond donors (Lipinski definition) is 0. The van der Waals surface area contributed by atoms with Gasteiger partial charge >= 0.3 is 5.97 Å². The van der Waals surface area contributed by atoms with Gasteiger partial charge < -0.3 is 14.0 Å². The summed E-state index contributed by atoms with van der Waals surface area (Å²) in [5, 5.41) is 0.796. The Bertz CT molecular complexity index is 663. The Morgan fingerprint density at radius 2 is 2.09 bits per heavy atom. The number of hydrogen-bond acceptors (Lipinski definition) is 3. The highest BCUT2D eigenvalue weighted by molar-refractivity contribution is 5.92. The SMILES string of the molecule is CCCCOc1cc(F)cc2c1c(CC(=O)OC)cn2CC. The van der Waals surface area contributed by atoms with Crippen molar-refractivity contribution < 1.29 is 18.7 Å². The van der Waals surface area contributed by atoms with Gasteiger partial charge in [0.25, 0.3) is 0 Å². The molecule has 22 heavy (non-hydrogen) atoms. The first kappa shape index (κ1) is 16.3. The van der Waals surface area contributed by atoms with Gasteiger partial charge in [0.05, 0.1) is 25.7 Å². The number of aromatic nitrogens is 1. The van der Waals surface area contributed by atoms with Crippen molar-refractivity contribution in [2.24, 2.45) is 0 Å². The van der Waals surface area contributed by atoms with Crippen molar-refractivity contribution in [3.63, 3.8) is 0 Å². The van der Waals surface area contributed by atoms with Crippen LogP contribution in [0.5, 0.6) is 5.75 Å². The van der Waals surface area contributed by atoms with Crippen LogP contribution in [0.2, 0.25) is 0 Å². The van der Waals surface area contributed by atoms with Crippen LogP contribution >= 0.6 is 0 Å². The van der Waals surface area contributed by atoms with Gasteiger partial charge in [0.15, 0.2) is 0 Å². The molecule has 2 rings (SSSR count). The molecule has 0 amide bonds. The zero-order chi connectivity index (χ0) is 16.1. The van der Waals surface area contributed by atoms with Crippen LogP contribution in [0.25, 0.3) is 10.9 Å². The number of nitrogens with zero attached hydrogens (tertiary/aromatic N) is 1. The minimum absolute atomic E-state index is 0.149. The van der Waals surface area contributed by atoms with E-state index >= 15 is 0 Å². The first-order chi connectivity index (χ1) is 10.6. The highest BCUT2D eigenvalue weighted by Crippen LogP contribution is 2.33. The number of unbranched alkanes of at least 4 members (excludes halogenated alkanes) is 1. The second kappa shape index (κ2) is 7.29. The van der Waals surface area contributed by atoms with E-state index < -0.39 is 0 Å². The van der Waals surface area contributed by atoms with Gasteiger partial charge in [0.2, 0.25) is 0 Å². The number of fused-ring (bicyclic) bond motifs is 1. The van der Waals surface area contributed by atoms with Crippen molar-refractivity contribution in [2.45, 2.75) is 39.7 Å². The van der Waals surface area contributed by atoms with Crippen molar-refractivity contribution in [2.75, 3.05) is 13.7 Å². The molecule has 0 aliphatic carbocycles. The largest absolute Gasteiger partial charge is 0.493 e. The molecule has 0 fully saturated rings. The van der Waals surface area contributed by atoms with Gasteiger partial charge in [0, 0.05) is 24.2 Å². The average Bonchev–Trinajstić information content (AvgIpc) is 2.84. The highest BCUT2D eigenvalue weighted by atomic mass is 19.1. The molecule has 2 aromatic rings. The lowest BCUT2D eigenvalue weighted by atomic mass is 10.1. The Morgan fingerprint density at radius 3 is 2.73 bits per heavy atom. The number of ether oxygens (including phenoxy) is 2. The summed E-state index contributed by atoms with van der Waals surface area (Å²) in [6.45, 7) is 5.27. The molecule has 0 saturated heterocycles. The van der Waals surface area contributed by atoms with Crippen LogP contribution in [0.4, 0.5) is 4.39 Å². The van der Waals surface area contributed by atoms with E-state index in [1.165, 1.54) is 19.2 Å². The molecule has 5 heteroatoms. The van der Waals surface area contributed by atoms with E-state index in [-0.39, 0.29) is 18.2 Å². The Labute approximate surface area is 129 Å². The van der Waals surface area contributed by atoms with Crippen molar-refractivity contribution >= 4 is 16.9 Å². The molecule has 0 bridgehead atoms. The third-order valence-corrected chi connectivity index (χ3v) is 3.65. The van der Waals surface area contributed by atoms with Gasteiger partial charge in [-0.2, -0.15) is 0 Å². The monoisotopic (exact) mass is 307 g/mol. The third-order valence-electron chi connectivity index (χ3n) is 3.65. The first-order valence-corrected chi connectivity index (χ1v) is 7.61. The summed E-state index contributed by atoms with van der Waals surface area (Å²) in [5.74, 6) is -0.162. The molecular formula is C17H22FNO3. The van der Waals surface area contributed by atoms with Gasteiger partial charge in [-0.1, -0.05) is 13.3 Å². The van der Waals surface area contributed by atoms with Crippen LogP contribution in [0, 0.1) is 5.82 Å². The van der Waals surface area contributed by atoms with Crippen LogP contribution < -0.4 is 4.74 Å². The molecule has 0 aliphatic heterocycles. The van der Waals surface area contributed by atoms with E-state index in [9.17, 15) is 9.18 Å². The second-order valence-corrected chi connectivity index (χ2v) is 5.19. The lowest BCUT2D eigenvalue weighted by Crippen LogP contribution is -2.04. The van der Waals surface area contributed by atoms with Crippen LogP contribution in [-0.2, 0) is 22.5 Å². The summed E-state index contributed by atoms with van der Waals surface area (Å²) in [6.07, 6.45) is 3.92. The number of esters is 1. The maximum Gasteiger partial charge on any atom is 0.310 e. The quantitative estimate of drug-likeness (QED) is 0.578. The Morgan fingerprint density at radius 1 is 1.32 bits per heavy atom. The third kappa shape index (κ3) is 3.40. The molecule has 0 saturated carbocycles. The summed E-state index contributed by atoms with van der Waals surface area (Å²) < 4.78 is 26.3. The fourth-order valence-electron chi connectivity index (χ4n) is 2.50. The number of rotatable bonds is 7. The van der Waals surface area contributed by atoms with Crippen molar-refractivity contribution in [3.8, 4) is 5.75 Å². The molecule has 0 aliphatic rings. The Balaban J connectivity index is 2.51. The lowest BCUT2D eigenvalue weighted by Gasteiger charge is -2.09. The smallest absolute Gasteiger partial charge is 0.310 e. The van der Waals surface area contributed by atoms with Crippen molar-refractivity contribution in [1.29, 1.82) is 0 Å². The predicted molar refractivity (Wildman–Crippen MR) is 83.7 cm³/mol. The van der Waals surface area contributed by atoms with Gasteiger partial charge in [-0.05, 0) is 25.0 Å². The fraction of sp³-hybridized carbons (Fsp3) is 0.471. The average molecular weight is 307 g/mol. The highest BCUT2D eigenvalue weighted by Gasteiger charge is 2.17. The minimum atomic E-state index is -0.337. The van der Waals surface area contributed by atoms with Crippen LogP contribution in [0.3, 0.4) is 0 Å². The molecular weight excluding hydrogens is 285 g/mol. The topological polar surface area (TPSA) is 40.5 Å². The summed E-state index contributed by atoms with van der Waals surface area (Å²) in [7, 11) is 1.36. The molecule has 0 atom stereocenters. The van der Waals surface area contributed by atoms with E-state index in [0.717, 1.165) is 29.3 Å². The molecule has 1 aromatic carbocycles. The first-order valence-electron chi connectivity index (χ1n) is 7.61. The Hall–Kier alpha value is -2.04. The second-order valence-electron chi connectivity index (χ2n) is 5.19.